The fourth-order valence-electron chi connectivity index (χ4n) is 2.06. The maximum atomic E-state index is 12.0. The smallest absolute Gasteiger partial charge is 0.340 e. The molecule has 142 valence electrons. The van der Waals surface area contributed by atoms with E-state index in [1.165, 1.54) is 25.3 Å². The van der Waals surface area contributed by atoms with Crippen LogP contribution in [0, 0.1) is 0 Å². The Labute approximate surface area is 165 Å². The Bertz CT molecular complexity index is 840. The van der Waals surface area contributed by atoms with Crippen molar-refractivity contribution in [3.05, 3.63) is 58.1 Å². The SMILES string of the molecule is COC(=O)c1cc(Cl)ccc1NC(=O)COCC(=O)Nc1ccc(Cl)cc1. The van der Waals surface area contributed by atoms with Gasteiger partial charge in [0.2, 0.25) is 11.8 Å². The number of benzene rings is 2. The van der Waals surface area contributed by atoms with Gasteiger partial charge < -0.3 is 20.1 Å². The monoisotopic (exact) mass is 410 g/mol. The molecule has 0 atom stereocenters. The number of amides is 2. The summed E-state index contributed by atoms with van der Waals surface area (Å²) >= 11 is 11.6. The van der Waals surface area contributed by atoms with Crippen LogP contribution < -0.4 is 10.6 Å². The molecule has 0 bridgehead atoms. The molecule has 2 aromatic rings. The Balaban J connectivity index is 1.83. The van der Waals surface area contributed by atoms with E-state index in [4.69, 9.17) is 27.9 Å². The number of halogens is 2. The van der Waals surface area contributed by atoms with Crippen molar-refractivity contribution in [2.75, 3.05) is 31.0 Å². The van der Waals surface area contributed by atoms with E-state index in [2.05, 4.69) is 15.4 Å². The number of carbonyl (C=O) groups excluding carboxylic acids is 3. The minimum atomic E-state index is -0.643. The molecule has 2 N–H and O–H groups in total. The van der Waals surface area contributed by atoms with Crippen LogP contribution in [-0.2, 0) is 19.1 Å². The molecule has 0 saturated heterocycles. The summed E-state index contributed by atoms with van der Waals surface area (Å²) in [6, 6.07) is 10.9. The van der Waals surface area contributed by atoms with E-state index in [-0.39, 0.29) is 24.5 Å². The lowest BCUT2D eigenvalue weighted by Gasteiger charge is -2.10. The number of nitrogens with one attached hydrogen (secondary N) is 2. The molecule has 7 nitrogen and oxygen atoms in total. The van der Waals surface area contributed by atoms with Crippen LogP contribution in [0.25, 0.3) is 0 Å². The summed E-state index contributed by atoms with van der Waals surface area (Å²) in [6.45, 7) is -0.697. The Hall–Kier alpha value is -2.61. The highest BCUT2D eigenvalue weighted by atomic mass is 35.5. The molecule has 2 rings (SSSR count). The van der Waals surface area contributed by atoms with Crippen molar-refractivity contribution in [2.24, 2.45) is 0 Å². The lowest BCUT2D eigenvalue weighted by molar-refractivity contribution is -0.125. The van der Waals surface area contributed by atoms with E-state index in [1.807, 2.05) is 0 Å². The molecule has 0 fully saturated rings. The third kappa shape index (κ3) is 6.56. The van der Waals surface area contributed by atoms with Gasteiger partial charge in [-0.2, -0.15) is 0 Å². The third-order valence-corrected chi connectivity index (χ3v) is 3.74. The standard InChI is InChI=1S/C18H16Cl2N2O5/c1-26-18(25)14-8-12(20)4-7-15(14)22-17(24)10-27-9-16(23)21-13-5-2-11(19)3-6-13/h2-8H,9-10H2,1H3,(H,21,23)(H,22,24). The molecule has 0 aliphatic carbocycles. The largest absolute Gasteiger partial charge is 0.465 e. The van der Waals surface area contributed by atoms with E-state index < -0.39 is 17.8 Å². The maximum Gasteiger partial charge on any atom is 0.340 e. The second-order valence-corrected chi connectivity index (χ2v) is 6.15. The molecule has 0 aliphatic heterocycles. The predicted octanol–water partition coefficient (Wildman–Crippen LogP) is 3.37. The lowest BCUT2D eigenvalue weighted by Crippen LogP contribution is -2.24. The molecule has 0 radical (unpaired) electrons. The van der Waals surface area contributed by atoms with Crippen LogP contribution in [0.2, 0.25) is 10.0 Å². The van der Waals surface area contributed by atoms with Crippen molar-refractivity contribution in [3.8, 4) is 0 Å². The number of anilines is 2. The average Bonchev–Trinajstić information content (AvgIpc) is 2.64. The molecule has 9 heteroatoms. The fourth-order valence-corrected chi connectivity index (χ4v) is 2.36. The lowest BCUT2D eigenvalue weighted by atomic mass is 10.2. The number of esters is 1. The molecule has 2 amide bonds. The normalized spacial score (nSPS) is 10.2. The molecule has 0 saturated carbocycles. The Morgan fingerprint density at radius 2 is 1.48 bits per heavy atom. The van der Waals surface area contributed by atoms with Gasteiger partial charge in [-0.15, -0.1) is 0 Å². The second kappa shape index (κ2) is 9.91. The van der Waals surface area contributed by atoms with Crippen molar-refractivity contribution in [1.29, 1.82) is 0 Å². The number of rotatable bonds is 7. The highest BCUT2D eigenvalue weighted by molar-refractivity contribution is 6.31. The Morgan fingerprint density at radius 3 is 2.11 bits per heavy atom. The van der Waals surface area contributed by atoms with Crippen LogP contribution in [0.3, 0.4) is 0 Å². The van der Waals surface area contributed by atoms with Gasteiger partial charge in [0, 0.05) is 15.7 Å². The summed E-state index contributed by atoms with van der Waals surface area (Å²) in [4.78, 5) is 35.5. The fraction of sp³-hybridized carbons (Fsp3) is 0.167. The molecule has 27 heavy (non-hydrogen) atoms. The number of hydrogen-bond acceptors (Lipinski definition) is 5. The number of hydrogen-bond donors (Lipinski definition) is 2. The Morgan fingerprint density at radius 1 is 0.889 bits per heavy atom. The Kier molecular flexibility index (Phi) is 7.60. The summed E-state index contributed by atoms with van der Waals surface area (Å²) in [5.41, 5.74) is 0.894. The first-order chi connectivity index (χ1) is 12.9. The minimum absolute atomic E-state index is 0.110. The molecule has 0 aliphatic rings. The zero-order chi connectivity index (χ0) is 19.8. The first-order valence-corrected chi connectivity index (χ1v) is 8.45. The molecule has 0 heterocycles. The zero-order valence-electron chi connectivity index (χ0n) is 14.3. The summed E-state index contributed by atoms with van der Waals surface area (Å²) < 4.78 is 9.73. The van der Waals surface area contributed by atoms with Crippen molar-refractivity contribution in [3.63, 3.8) is 0 Å². The van der Waals surface area contributed by atoms with Crippen LogP contribution in [0.1, 0.15) is 10.4 Å². The summed E-state index contributed by atoms with van der Waals surface area (Å²) in [6.07, 6.45) is 0. The third-order valence-electron chi connectivity index (χ3n) is 3.26. The van der Waals surface area contributed by atoms with Crippen LogP contribution in [0.15, 0.2) is 42.5 Å². The highest BCUT2D eigenvalue weighted by Gasteiger charge is 2.15. The molecule has 0 aromatic heterocycles. The number of carbonyl (C=O) groups is 3. The van der Waals surface area contributed by atoms with E-state index in [0.29, 0.717) is 15.7 Å². The van der Waals surface area contributed by atoms with E-state index in [0.717, 1.165) is 0 Å². The topological polar surface area (TPSA) is 93.7 Å². The maximum absolute atomic E-state index is 12.0. The predicted molar refractivity (Wildman–Crippen MR) is 102 cm³/mol. The van der Waals surface area contributed by atoms with Crippen molar-refractivity contribution in [1.82, 2.24) is 0 Å². The van der Waals surface area contributed by atoms with E-state index in [9.17, 15) is 14.4 Å². The van der Waals surface area contributed by atoms with Crippen molar-refractivity contribution in [2.45, 2.75) is 0 Å². The molecule has 2 aromatic carbocycles. The summed E-state index contributed by atoms with van der Waals surface area (Å²) in [5.74, 6) is -1.61. The van der Waals surface area contributed by atoms with Crippen LogP contribution >= 0.6 is 23.2 Å². The van der Waals surface area contributed by atoms with Gasteiger partial charge in [-0.25, -0.2) is 4.79 Å². The van der Waals surface area contributed by atoms with Crippen LogP contribution in [-0.4, -0.2) is 38.1 Å². The van der Waals surface area contributed by atoms with Crippen LogP contribution in [0.5, 0.6) is 0 Å². The van der Waals surface area contributed by atoms with Gasteiger partial charge in [0.05, 0.1) is 18.4 Å². The van der Waals surface area contributed by atoms with E-state index in [1.54, 1.807) is 24.3 Å². The van der Waals surface area contributed by atoms with Gasteiger partial charge in [0.1, 0.15) is 13.2 Å². The van der Waals surface area contributed by atoms with Gasteiger partial charge in [-0.3, -0.25) is 9.59 Å². The second-order valence-electron chi connectivity index (χ2n) is 5.28. The molecule has 0 spiro atoms. The minimum Gasteiger partial charge on any atom is -0.465 e. The van der Waals surface area contributed by atoms with Gasteiger partial charge >= 0.3 is 5.97 Å². The van der Waals surface area contributed by atoms with Gasteiger partial charge in [-0.1, -0.05) is 23.2 Å². The number of ether oxygens (including phenoxy) is 2. The highest BCUT2D eigenvalue weighted by Crippen LogP contribution is 2.21. The van der Waals surface area contributed by atoms with Gasteiger partial charge in [-0.05, 0) is 42.5 Å². The van der Waals surface area contributed by atoms with Crippen molar-refractivity contribution >= 4 is 52.4 Å². The summed E-state index contributed by atoms with van der Waals surface area (Å²) in [5, 5.41) is 5.99. The number of methoxy groups -OCH3 is 1. The first kappa shape index (κ1) is 20.7. The quantitative estimate of drug-likeness (QED) is 0.682. The van der Waals surface area contributed by atoms with Gasteiger partial charge in [0.25, 0.3) is 0 Å². The summed E-state index contributed by atoms with van der Waals surface area (Å²) in [7, 11) is 1.22. The molecular formula is C18H16Cl2N2O5. The molecular weight excluding hydrogens is 395 g/mol. The van der Waals surface area contributed by atoms with Crippen molar-refractivity contribution < 1.29 is 23.9 Å². The molecule has 0 unspecified atom stereocenters. The first-order valence-electron chi connectivity index (χ1n) is 7.70. The average molecular weight is 411 g/mol. The van der Waals surface area contributed by atoms with Gasteiger partial charge in [0.15, 0.2) is 0 Å². The van der Waals surface area contributed by atoms with Crippen LogP contribution in [0.4, 0.5) is 11.4 Å². The van der Waals surface area contributed by atoms with E-state index >= 15 is 0 Å². The zero-order valence-corrected chi connectivity index (χ0v) is 15.8.